The van der Waals surface area contributed by atoms with Crippen LogP contribution in [0.15, 0.2) is 12.2 Å². The average Bonchev–Trinajstić information content (AvgIpc) is 2.28. The third-order valence-corrected chi connectivity index (χ3v) is 3.68. The Bertz CT molecular complexity index is 396. The first-order valence-corrected chi connectivity index (χ1v) is 8.21. The van der Waals surface area contributed by atoms with Crippen molar-refractivity contribution in [3.8, 4) is 0 Å². The second-order valence-corrected chi connectivity index (χ2v) is 6.41. The molecular formula is C12H22N2O3S. The van der Waals surface area contributed by atoms with E-state index in [0.717, 1.165) is 6.42 Å². The van der Waals surface area contributed by atoms with Crippen molar-refractivity contribution in [2.45, 2.75) is 38.6 Å². The molecule has 0 aliphatic carbocycles. The Morgan fingerprint density at radius 1 is 1.33 bits per heavy atom. The van der Waals surface area contributed by atoms with Gasteiger partial charge in [0.05, 0.1) is 6.26 Å². The molecule has 0 aromatic carbocycles. The Morgan fingerprint density at radius 3 is 2.44 bits per heavy atom. The van der Waals surface area contributed by atoms with E-state index in [0.29, 0.717) is 32.4 Å². The van der Waals surface area contributed by atoms with Crippen LogP contribution in [-0.4, -0.2) is 44.6 Å². The van der Waals surface area contributed by atoms with Crippen LogP contribution in [0, 0.1) is 0 Å². The first kappa shape index (κ1) is 15.2. The van der Waals surface area contributed by atoms with E-state index in [1.165, 1.54) is 6.26 Å². The number of amides is 1. The number of nitrogens with one attached hydrogen (secondary N) is 1. The Morgan fingerprint density at radius 2 is 1.94 bits per heavy atom. The fraction of sp³-hybridized carbons (Fsp3) is 0.750. The number of carbonyl (C=O) groups is 1. The first-order valence-electron chi connectivity index (χ1n) is 6.32. The van der Waals surface area contributed by atoms with Crippen LogP contribution in [0.4, 0.5) is 0 Å². The number of carbonyl (C=O) groups excluding carboxylic acids is 1. The minimum atomic E-state index is -3.14. The van der Waals surface area contributed by atoms with Crippen molar-refractivity contribution in [3.63, 3.8) is 0 Å². The quantitative estimate of drug-likeness (QED) is 0.757. The highest BCUT2D eigenvalue weighted by Crippen LogP contribution is 2.12. The molecule has 0 unspecified atom stereocenters. The number of nitrogens with zero attached hydrogens (tertiary/aromatic N) is 1. The van der Waals surface area contributed by atoms with E-state index in [4.69, 9.17) is 0 Å². The summed E-state index contributed by atoms with van der Waals surface area (Å²) in [5, 5.41) is 0. The number of hydrogen-bond donors (Lipinski definition) is 1. The monoisotopic (exact) mass is 274 g/mol. The maximum atomic E-state index is 11.8. The van der Waals surface area contributed by atoms with Crippen molar-refractivity contribution in [1.82, 2.24) is 9.62 Å². The molecule has 0 aromatic heterocycles. The van der Waals surface area contributed by atoms with Gasteiger partial charge in [0.1, 0.15) is 0 Å². The van der Waals surface area contributed by atoms with Crippen molar-refractivity contribution >= 4 is 15.9 Å². The van der Waals surface area contributed by atoms with Crippen LogP contribution in [0.1, 0.15) is 32.6 Å². The van der Waals surface area contributed by atoms with E-state index in [-0.39, 0.29) is 11.9 Å². The molecule has 0 bridgehead atoms. The van der Waals surface area contributed by atoms with Crippen molar-refractivity contribution in [1.29, 1.82) is 0 Å². The van der Waals surface area contributed by atoms with Crippen LogP contribution >= 0.6 is 0 Å². The lowest BCUT2D eigenvalue weighted by Crippen LogP contribution is -2.46. The maximum Gasteiger partial charge on any atom is 0.226 e. The normalized spacial score (nSPS) is 18.4. The Balaban J connectivity index is 2.35. The molecule has 0 atom stereocenters. The predicted octanol–water partition coefficient (Wildman–Crippen LogP) is 0.883. The van der Waals surface area contributed by atoms with Gasteiger partial charge in [-0.1, -0.05) is 19.1 Å². The number of rotatable bonds is 5. The van der Waals surface area contributed by atoms with E-state index >= 15 is 0 Å². The van der Waals surface area contributed by atoms with E-state index in [1.807, 2.05) is 19.1 Å². The summed E-state index contributed by atoms with van der Waals surface area (Å²) in [6, 6.07) is -0.0322. The summed E-state index contributed by atoms with van der Waals surface area (Å²) >= 11 is 0. The fourth-order valence-electron chi connectivity index (χ4n) is 2.03. The maximum absolute atomic E-state index is 11.8. The lowest BCUT2D eigenvalue weighted by Gasteiger charge is -2.31. The van der Waals surface area contributed by atoms with Gasteiger partial charge in [0.15, 0.2) is 0 Å². The van der Waals surface area contributed by atoms with Gasteiger partial charge in [-0.2, -0.15) is 0 Å². The number of hydrogen-bond acceptors (Lipinski definition) is 3. The molecule has 0 aromatic rings. The third kappa shape index (κ3) is 5.64. The fourth-order valence-corrected chi connectivity index (χ4v) is 2.87. The van der Waals surface area contributed by atoms with Gasteiger partial charge >= 0.3 is 0 Å². The SMILES string of the molecule is CC/C=C/CC(=O)N1CCC(NS(C)(=O)=O)CC1. The molecule has 1 rings (SSSR count). The molecule has 0 saturated carbocycles. The molecule has 5 nitrogen and oxygen atoms in total. The number of likely N-dealkylation sites (tertiary alicyclic amines) is 1. The summed E-state index contributed by atoms with van der Waals surface area (Å²) in [6.45, 7) is 3.29. The topological polar surface area (TPSA) is 66.5 Å². The molecule has 1 saturated heterocycles. The number of piperidine rings is 1. The second kappa shape index (κ2) is 6.89. The van der Waals surface area contributed by atoms with Crippen LogP contribution < -0.4 is 4.72 Å². The molecule has 104 valence electrons. The van der Waals surface area contributed by atoms with E-state index in [9.17, 15) is 13.2 Å². The van der Waals surface area contributed by atoms with Gasteiger partial charge in [0.25, 0.3) is 0 Å². The van der Waals surface area contributed by atoms with Crippen LogP contribution in [0.3, 0.4) is 0 Å². The summed E-state index contributed by atoms with van der Waals surface area (Å²) in [5.74, 6) is 0.123. The van der Waals surface area contributed by atoms with Gasteiger partial charge in [0.2, 0.25) is 15.9 Å². The van der Waals surface area contributed by atoms with Gasteiger partial charge in [-0.15, -0.1) is 0 Å². The standard InChI is InChI=1S/C12H22N2O3S/c1-3-4-5-6-12(15)14-9-7-11(8-10-14)13-18(2,16)17/h4-5,11,13H,3,6-10H2,1-2H3/b5-4+. The molecule has 1 fully saturated rings. The third-order valence-electron chi connectivity index (χ3n) is 2.92. The largest absolute Gasteiger partial charge is 0.342 e. The molecule has 1 amide bonds. The lowest BCUT2D eigenvalue weighted by atomic mass is 10.1. The Labute approximate surface area is 109 Å². The molecule has 0 radical (unpaired) electrons. The zero-order valence-electron chi connectivity index (χ0n) is 11.1. The molecule has 1 N–H and O–H groups in total. The first-order chi connectivity index (χ1) is 8.42. The molecule has 6 heteroatoms. The molecule has 18 heavy (non-hydrogen) atoms. The van der Waals surface area contributed by atoms with Crippen molar-refractivity contribution in [3.05, 3.63) is 12.2 Å². The number of sulfonamides is 1. The van der Waals surface area contributed by atoms with Crippen LogP contribution in [0.2, 0.25) is 0 Å². The highest BCUT2D eigenvalue weighted by Gasteiger charge is 2.23. The smallest absolute Gasteiger partial charge is 0.226 e. The van der Waals surface area contributed by atoms with Crippen LogP contribution in [0.25, 0.3) is 0 Å². The summed E-state index contributed by atoms with van der Waals surface area (Å²) in [4.78, 5) is 13.6. The summed E-state index contributed by atoms with van der Waals surface area (Å²) in [5.41, 5.74) is 0. The van der Waals surface area contributed by atoms with Gasteiger partial charge in [0, 0.05) is 25.6 Å². The van der Waals surface area contributed by atoms with Crippen LogP contribution in [-0.2, 0) is 14.8 Å². The second-order valence-electron chi connectivity index (χ2n) is 4.63. The molecule has 1 aliphatic heterocycles. The number of allylic oxidation sites excluding steroid dienone is 1. The summed E-state index contributed by atoms with van der Waals surface area (Å²) in [7, 11) is -3.14. The Kier molecular flexibility index (Phi) is 5.81. The van der Waals surface area contributed by atoms with Gasteiger partial charge in [-0.3, -0.25) is 4.79 Å². The lowest BCUT2D eigenvalue weighted by molar-refractivity contribution is -0.131. The Hall–Kier alpha value is -0.880. The summed E-state index contributed by atoms with van der Waals surface area (Å²) < 4.78 is 24.8. The molecular weight excluding hydrogens is 252 g/mol. The highest BCUT2D eigenvalue weighted by atomic mass is 32.2. The zero-order valence-corrected chi connectivity index (χ0v) is 11.9. The van der Waals surface area contributed by atoms with Gasteiger partial charge < -0.3 is 4.90 Å². The minimum absolute atomic E-state index is 0.0322. The summed E-state index contributed by atoms with van der Waals surface area (Å²) in [6.07, 6.45) is 7.80. The van der Waals surface area contributed by atoms with Gasteiger partial charge in [-0.25, -0.2) is 13.1 Å². The minimum Gasteiger partial charge on any atom is -0.342 e. The average molecular weight is 274 g/mol. The van der Waals surface area contributed by atoms with Gasteiger partial charge in [-0.05, 0) is 19.3 Å². The van der Waals surface area contributed by atoms with Crippen molar-refractivity contribution in [2.75, 3.05) is 19.3 Å². The molecule has 1 aliphatic rings. The highest BCUT2D eigenvalue weighted by molar-refractivity contribution is 7.88. The van der Waals surface area contributed by atoms with E-state index < -0.39 is 10.0 Å². The zero-order chi connectivity index (χ0) is 13.6. The van der Waals surface area contributed by atoms with Crippen molar-refractivity contribution < 1.29 is 13.2 Å². The molecule has 1 heterocycles. The predicted molar refractivity (Wildman–Crippen MR) is 71.6 cm³/mol. The van der Waals surface area contributed by atoms with Crippen molar-refractivity contribution in [2.24, 2.45) is 0 Å². The molecule has 0 spiro atoms. The van der Waals surface area contributed by atoms with E-state index in [2.05, 4.69) is 4.72 Å². The van der Waals surface area contributed by atoms with E-state index in [1.54, 1.807) is 4.90 Å². The van der Waals surface area contributed by atoms with Crippen LogP contribution in [0.5, 0.6) is 0 Å².